The minimum Gasteiger partial charge on any atom is -0.495 e. The lowest BCUT2D eigenvalue weighted by molar-refractivity contribution is -0.135. The van der Waals surface area contributed by atoms with Crippen molar-refractivity contribution in [2.45, 2.75) is 12.8 Å². The summed E-state index contributed by atoms with van der Waals surface area (Å²) in [5.41, 5.74) is 3.46. The number of carbonyl (C=O) groups is 2. The SMILES string of the molecule is COc1ccccc1N1CCN(C(=O)C2CN(C(=O)c3ccccc3C)CC2c2cc(OC)c(OC)c(OC)c2)CC1. The summed E-state index contributed by atoms with van der Waals surface area (Å²) in [6.45, 7) is 5.23. The second kappa shape index (κ2) is 12.6. The average molecular weight is 574 g/mol. The van der Waals surface area contributed by atoms with E-state index >= 15 is 0 Å². The van der Waals surface area contributed by atoms with Crippen LogP contribution in [-0.2, 0) is 4.79 Å². The zero-order chi connectivity index (χ0) is 29.8. The van der Waals surface area contributed by atoms with Crippen LogP contribution in [0, 0.1) is 12.8 Å². The number of benzene rings is 3. The van der Waals surface area contributed by atoms with Gasteiger partial charge in [0.15, 0.2) is 11.5 Å². The van der Waals surface area contributed by atoms with E-state index < -0.39 is 5.92 Å². The monoisotopic (exact) mass is 573 g/mol. The van der Waals surface area contributed by atoms with Gasteiger partial charge in [-0.1, -0.05) is 30.3 Å². The Morgan fingerprint density at radius 2 is 1.33 bits per heavy atom. The number of piperazine rings is 1. The van der Waals surface area contributed by atoms with Crippen LogP contribution >= 0.6 is 0 Å². The predicted octanol–water partition coefficient (Wildman–Crippen LogP) is 4.23. The molecule has 9 heteroatoms. The predicted molar refractivity (Wildman–Crippen MR) is 161 cm³/mol. The first kappa shape index (κ1) is 29.1. The molecular weight excluding hydrogens is 534 g/mol. The maximum Gasteiger partial charge on any atom is 0.254 e. The van der Waals surface area contributed by atoms with Gasteiger partial charge in [0, 0.05) is 50.7 Å². The van der Waals surface area contributed by atoms with Crippen molar-refractivity contribution in [2.24, 2.45) is 5.92 Å². The van der Waals surface area contributed by atoms with Crippen molar-refractivity contribution in [3.63, 3.8) is 0 Å². The Bertz CT molecular complexity index is 1410. The number of ether oxygens (including phenoxy) is 4. The number of aryl methyl sites for hydroxylation is 1. The molecule has 2 amide bonds. The largest absolute Gasteiger partial charge is 0.495 e. The first-order chi connectivity index (χ1) is 20.4. The number of para-hydroxylation sites is 2. The molecule has 0 N–H and O–H groups in total. The van der Waals surface area contributed by atoms with Crippen LogP contribution in [0.1, 0.15) is 27.4 Å². The van der Waals surface area contributed by atoms with Crippen molar-refractivity contribution in [2.75, 3.05) is 72.6 Å². The maximum atomic E-state index is 14.2. The minimum atomic E-state index is -0.418. The van der Waals surface area contributed by atoms with Crippen LogP contribution in [0.2, 0.25) is 0 Å². The van der Waals surface area contributed by atoms with Crippen LogP contribution in [0.3, 0.4) is 0 Å². The lowest BCUT2D eigenvalue weighted by atomic mass is 9.87. The number of nitrogens with zero attached hydrogens (tertiary/aromatic N) is 3. The Morgan fingerprint density at radius 3 is 1.95 bits per heavy atom. The van der Waals surface area contributed by atoms with Crippen molar-refractivity contribution in [1.29, 1.82) is 0 Å². The van der Waals surface area contributed by atoms with E-state index in [0.29, 0.717) is 62.1 Å². The fourth-order valence-electron chi connectivity index (χ4n) is 6.15. The fourth-order valence-corrected chi connectivity index (χ4v) is 6.15. The molecule has 2 saturated heterocycles. The molecule has 2 aliphatic rings. The van der Waals surface area contributed by atoms with Gasteiger partial charge in [-0.3, -0.25) is 9.59 Å². The molecule has 3 aromatic rings. The molecule has 0 saturated carbocycles. The van der Waals surface area contributed by atoms with Gasteiger partial charge >= 0.3 is 0 Å². The molecule has 0 aromatic heterocycles. The van der Waals surface area contributed by atoms with Gasteiger partial charge in [-0.05, 0) is 48.4 Å². The highest BCUT2D eigenvalue weighted by molar-refractivity contribution is 5.96. The Hall–Kier alpha value is -4.40. The van der Waals surface area contributed by atoms with Crippen molar-refractivity contribution >= 4 is 17.5 Å². The number of amides is 2. The molecule has 0 aliphatic carbocycles. The third-order valence-electron chi connectivity index (χ3n) is 8.43. The molecule has 9 nitrogen and oxygen atoms in total. The number of hydrogen-bond acceptors (Lipinski definition) is 7. The summed E-state index contributed by atoms with van der Waals surface area (Å²) in [4.78, 5) is 33.9. The quantitative estimate of drug-likeness (QED) is 0.399. The Morgan fingerprint density at radius 1 is 0.714 bits per heavy atom. The van der Waals surface area contributed by atoms with Crippen molar-refractivity contribution in [1.82, 2.24) is 9.80 Å². The molecule has 2 aliphatic heterocycles. The third kappa shape index (κ3) is 5.55. The second-order valence-electron chi connectivity index (χ2n) is 10.7. The molecule has 5 rings (SSSR count). The summed E-state index contributed by atoms with van der Waals surface area (Å²) in [6, 6.07) is 19.3. The Balaban J connectivity index is 1.43. The van der Waals surface area contributed by atoms with Crippen molar-refractivity contribution in [3.05, 3.63) is 77.4 Å². The summed E-state index contributed by atoms with van der Waals surface area (Å²) in [5.74, 6) is 1.67. The molecule has 2 unspecified atom stereocenters. The molecule has 3 aromatic carbocycles. The lowest BCUT2D eigenvalue weighted by Crippen LogP contribution is -2.51. The van der Waals surface area contributed by atoms with Crippen LogP contribution < -0.4 is 23.8 Å². The number of anilines is 1. The molecule has 0 spiro atoms. The average Bonchev–Trinajstić information content (AvgIpc) is 3.49. The van der Waals surface area contributed by atoms with Crippen molar-refractivity contribution < 1.29 is 28.5 Å². The smallest absolute Gasteiger partial charge is 0.254 e. The van der Waals surface area contributed by atoms with Crippen LogP contribution in [-0.4, -0.2) is 89.3 Å². The van der Waals surface area contributed by atoms with Gasteiger partial charge in [0.1, 0.15) is 5.75 Å². The van der Waals surface area contributed by atoms with Crippen molar-refractivity contribution in [3.8, 4) is 23.0 Å². The highest BCUT2D eigenvalue weighted by Gasteiger charge is 2.43. The van der Waals surface area contributed by atoms with E-state index in [1.165, 1.54) is 0 Å². The Kier molecular flexibility index (Phi) is 8.75. The topological polar surface area (TPSA) is 80.8 Å². The van der Waals surface area contributed by atoms with E-state index in [1.807, 2.05) is 77.4 Å². The number of carbonyl (C=O) groups excluding carboxylic acids is 2. The van der Waals surface area contributed by atoms with Gasteiger partial charge in [-0.25, -0.2) is 0 Å². The van der Waals surface area contributed by atoms with Crippen LogP contribution in [0.5, 0.6) is 23.0 Å². The van der Waals surface area contributed by atoms with E-state index in [1.54, 1.807) is 28.4 Å². The molecular formula is C33H39N3O6. The molecule has 0 radical (unpaired) electrons. The van der Waals surface area contributed by atoms with E-state index in [4.69, 9.17) is 18.9 Å². The van der Waals surface area contributed by atoms with Crippen LogP contribution in [0.4, 0.5) is 5.69 Å². The first-order valence-corrected chi connectivity index (χ1v) is 14.2. The van der Waals surface area contributed by atoms with Gasteiger partial charge in [-0.2, -0.15) is 0 Å². The molecule has 222 valence electrons. The number of methoxy groups -OCH3 is 4. The summed E-state index contributed by atoms with van der Waals surface area (Å²) in [7, 11) is 6.39. The molecule has 42 heavy (non-hydrogen) atoms. The standard InChI is InChI=1S/C33H39N3O6/c1-22-10-6-7-11-24(22)32(37)36-20-25(23-18-29(40-3)31(42-5)30(19-23)41-4)26(21-36)33(38)35-16-14-34(15-17-35)27-12-8-9-13-28(27)39-2/h6-13,18-19,25-26H,14-17,20-21H2,1-5H3. The van der Waals surface area contributed by atoms with E-state index in [9.17, 15) is 9.59 Å². The molecule has 2 atom stereocenters. The van der Waals surface area contributed by atoms with Gasteiger partial charge in [0.25, 0.3) is 5.91 Å². The van der Waals surface area contributed by atoms with Gasteiger partial charge in [0.2, 0.25) is 11.7 Å². The van der Waals surface area contributed by atoms with E-state index in [2.05, 4.69) is 4.90 Å². The van der Waals surface area contributed by atoms with Gasteiger partial charge < -0.3 is 33.6 Å². The second-order valence-corrected chi connectivity index (χ2v) is 10.7. The highest BCUT2D eigenvalue weighted by Crippen LogP contribution is 2.44. The van der Waals surface area contributed by atoms with E-state index in [-0.39, 0.29) is 17.7 Å². The summed E-state index contributed by atoms with van der Waals surface area (Å²) in [6.07, 6.45) is 0. The maximum absolute atomic E-state index is 14.2. The van der Waals surface area contributed by atoms with Gasteiger partial charge in [-0.15, -0.1) is 0 Å². The highest BCUT2D eigenvalue weighted by atomic mass is 16.5. The molecule has 0 bridgehead atoms. The third-order valence-corrected chi connectivity index (χ3v) is 8.43. The van der Waals surface area contributed by atoms with Crippen LogP contribution in [0.15, 0.2) is 60.7 Å². The normalized spacial score (nSPS) is 18.5. The van der Waals surface area contributed by atoms with E-state index in [0.717, 1.165) is 22.6 Å². The van der Waals surface area contributed by atoms with Gasteiger partial charge in [0.05, 0.1) is 40.0 Å². The first-order valence-electron chi connectivity index (χ1n) is 14.2. The Labute approximate surface area is 247 Å². The molecule has 2 fully saturated rings. The summed E-state index contributed by atoms with van der Waals surface area (Å²) in [5, 5.41) is 0. The zero-order valence-electron chi connectivity index (χ0n) is 25.0. The minimum absolute atomic E-state index is 0.0495. The van der Waals surface area contributed by atoms with Crippen LogP contribution in [0.25, 0.3) is 0 Å². The number of rotatable bonds is 8. The summed E-state index contributed by atoms with van der Waals surface area (Å²) >= 11 is 0. The zero-order valence-corrected chi connectivity index (χ0v) is 25.0. The number of likely N-dealkylation sites (tertiary alicyclic amines) is 1. The molecule has 2 heterocycles. The summed E-state index contributed by atoms with van der Waals surface area (Å²) < 4.78 is 22.3. The number of hydrogen-bond donors (Lipinski definition) is 0. The fraction of sp³-hybridized carbons (Fsp3) is 0.394. The lowest BCUT2D eigenvalue weighted by Gasteiger charge is -2.38.